The van der Waals surface area contributed by atoms with Crippen molar-refractivity contribution in [2.45, 2.75) is 58.2 Å². The molecule has 0 bridgehead atoms. The average Bonchev–Trinajstić information content (AvgIpc) is 2.66. The molecule has 2 unspecified atom stereocenters. The van der Waals surface area contributed by atoms with Crippen molar-refractivity contribution in [1.82, 2.24) is 15.5 Å². The molecule has 2 amide bonds. The number of carbonyl (C=O) groups is 2. The molecule has 0 aromatic heterocycles. The van der Waals surface area contributed by atoms with Crippen molar-refractivity contribution in [2.75, 3.05) is 13.1 Å². The Balaban J connectivity index is 1.79. The molecule has 0 radical (unpaired) electrons. The summed E-state index contributed by atoms with van der Waals surface area (Å²) in [5.74, 6) is 0.0277. The number of nitrogens with one attached hydrogen (secondary N) is 2. The largest absolute Gasteiger partial charge is 0.351 e. The van der Waals surface area contributed by atoms with E-state index in [0.29, 0.717) is 13.0 Å². The van der Waals surface area contributed by atoms with Crippen LogP contribution in [0.25, 0.3) is 0 Å². The summed E-state index contributed by atoms with van der Waals surface area (Å²) >= 11 is 0. The van der Waals surface area contributed by atoms with Crippen molar-refractivity contribution < 1.29 is 9.59 Å². The molecule has 0 saturated carbocycles. The number of rotatable bonds is 4. The van der Waals surface area contributed by atoms with Crippen LogP contribution in [-0.2, 0) is 22.6 Å². The van der Waals surface area contributed by atoms with E-state index in [0.717, 1.165) is 37.9 Å². The first-order valence-corrected chi connectivity index (χ1v) is 9.48. The van der Waals surface area contributed by atoms with Crippen molar-refractivity contribution in [2.24, 2.45) is 5.92 Å². The monoisotopic (exact) mass is 343 g/mol. The molecule has 25 heavy (non-hydrogen) atoms. The van der Waals surface area contributed by atoms with Crippen molar-refractivity contribution in [3.05, 3.63) is 35.4 Å². The number of piperidine rings is 1. The molecule has 0 aliphatic carbocycles. The van der Waals surface area contributed by atoms with Crippen LogP contribution in [0.2, 0.25) is 0 Å². The van der Waals surface area contributed by atoms with E-state index < -0.39 is 6.04 Å². The normalized spacial score (nSPS) is 22.2. The van der Waals surface area contributed by atoms with Gasteiger partial charge in [0.2, 0.25) is 11.8 Å². The van der Waals surface area contributed by atoms with Crippen LogP contribution in [0.4, 0.5) is 0 Å². The number of nitrogens with zero attached hydrogens (tertiary/aromatic N) is 1. The standard InChI is InChI=1S/C20H29N3O2/c1-3-14(2)20(25)23-13-16-7-5-4-6-15(16)12-18(23)19(24)22-17-8-10-21-11-9-17/h4-7,14,17-18,21H,3,8-13H2,1-2H3,(H,22,24). The second-order valence-electron chi connectivity index (χ2n) is 7.30. The van der Waals surface area contributed by atoms with E-state index >= 15 is 0 Å². The number of fused-ring (bicyclic) bond motifs is 1. The molecular formula is C20H29N3O2. The predicted octanol–water partition coefficient (Wildman–Crippen LogP) is 1.85. The maximum atomic E-state index is 13.0. The van der Waals surface area contributed by atoms with Gasteiger partial charge in [0.1, 0.15) is 6.04 Å². The van der Waals surface area contributed by atoms with E-state index in [-0.39, 0.29) is 23.8 Å². The minimum Gasteiger partial charge on any atom is -0.351 e. The highest BCUT2D eigenvalue weighted by atomic mass is 16.2. The molecule has 1 aromatic carbocycles. The smallest absolute Gasteiger partial charge is 0.243 e. The fourth-order valence-corrected chi connectivity index (χ4v) is 3.71. The molecule has 2 N–H and O–H groups in total. The zero-order valence-electron chi connectivity index (χ0n) is 15.3. The van der Waals surface area contributed by atoms with Crippen molar-refractivity contribution >= 4 is 11.8 Å². The van der Waals surface area contributed by atoms with Gasteiger partial charge in [-0.2, -0.15) is 0 Å². The zero-order chi connectivity index (χ0) is 17.8. The molecule has 1 fully saturated rings. The summed E-state index contributed by atoms with van der Waals surface area (Å²) in [6.45, 7) is 6.38. The maximum absolute atomic E-state index is 13.0. The van der Waals surface area contributed by atoms with Gasteiger partial charge in [-0.05, 0) is 43.5 Å². The van der Waals surface area contributed by atoms with Crippen LogP contribution in [0.3, 0.4) is 0 Å². The number of hydrogen-bond acceptors (Lipinski definition) is 3. The van der Waals surface area contributed by atoms with Gasteiger partial charge in [0, 0.05) is 24.9 Å². The van der Waals surface area contributed by atoms with Crippen molar-refractivity contribution in [3.63, 3.8) is 0 Å². The van der Waals surface area contributed by atoms with E-state index in [1.54, 1.807) is 4.90 Å². The lowest BCUT2D eigenvalue weighted by atomic mass is 9.91. The first kappa shape index (κ1) is 17.9. The van der Waals surface area contributed by atoms with Gasteiger partial charge >= 0.3 is 0 Å². The number of amides is 2. The Morgan fingerprint density at radius 3 is 2.60 bits per heavy atom. The molecule has 2 aliphatic rings. The lowest BCUT2D eigenvalue weighted by molar-refractivity contribution is -0.145. The summed E-state index contributed by atoms with van der Waals surface area (Å²) in [4.78, 5) is 27.7. The lowest BCUT2D eigenvalue weighted by Gasteiger charge is -2.38. The first-order valence-electron chi connectivity index (χ1n) is 9.48. The molecule has 1 aromatic rings. The molecular weight excluding hydrogens is 314 g/mol. The van der Waals surface area contributed by atoms with E-state index in [9.17, 15) is 9.59 Å². The molecule has 0 spiro atoms. The quantitative estimate of drug-likeness (QED) is 0.877. The molecule has 136 valence electrons. The summed E-state index contributed by atoms with van der Waals surface area (Å²) in [7, 11) is 0. The van der Waals surface area contributed by atoms with Crippen LogP contribution in [0.15, 0.2) is 24.3 Å². The fraction of sp³-hybridized carbons (Fsp3) is 0.600. The van der Waals surface area contributed by atoms with Crippen LogP contribution >= 0.6 is 0 Å². The number of carbonyl (C=O) groups excluding carboxylic acids is 2. The van der Waals surface area contributed by atoms with Crippen LogP contribution in [0.1, 0.15) is 44.2 Å². The van der Waals surface area contributed by atoms with Gasteiger partial charge in [-0.1, -0.05) is 38.1 Å². The highest BCUT2D eigenvalue weighted by Gasteiger charge is 2.36. The summed E-state index contributed by atoms with van der Waals surface area (Å²) in [6.07, 6.45) is 3.30. The van der Waals surface area contributed by atoms with E-state index in [1.807, 2.05) is 26.0 Å². The van der Waals surface area contributed by atoms with Crippen LogP contribution < -0.4 is 10.6 Å². The predicted molar refractivity (Wildman–Crippen MR) is 98.0 cm³/mol. The van der Waals surface area contributed by atoms with E-state index in [2.05, 4.69) is 22.8 Å². The summed E-state index contributed by atoms with van der Waals surface area (Å²) in [5, 5.41) is 6.50. The number of hydrogen-bond donors (Lipinski definition) is 2. The molecule has 1 saturated heterocycles. The highest BCUT2D eigenvalue weighted by molar-refractivity contribution is 5.89. The summed E-state index contributed by atoms with van der Waals surface area (Å²) in [6, 6.07) is 7.96. The van der Waals surface area contributed by atoms with Gasteiger partial charge in [0.05, 0.1) is 0 Å². The summed E-state index contributed by atoms with van der Waals surface area (Å²) < 4.78 is 0. The fourth-order valence-electron chi connectivity index (χ4n) is 3.71. The topological polar surface area (TPSA) is 61.4 Å². The van der Waals surface area contributed by atoms with Crippen LogP contribution in [0, 0.1) is 5.92 Å². The van der Waals surface area contributed by atoms with Gasteiger partial charge in [-0.15, -0.1) is 0 Å². The molecule has 3 rings (SSSR count). The first-order chi connectivity index (χ1) is 12.1. The van der Waals surface area contributed by atoms with Gasteiger partial charge < -0.3 is 15.5 Å². The molecule has 5 nitrogen and oxygen atoms in total. The lowest BCUT2D eigenvalue weighted by Crippen LogP contribution is -2.56. The summed E-state index contributed by atoms with van der Waals surface area (Å²) in [5.41, 5.74) is 2.34. The van der Waals surface area contributed by atoms with Crippen molar-refractivity contribution in [3.8, 4) is 0 Å². The minimum atomic E-state index is -0.397. The molecule has 2 aliphatic heterocycles. The Bertz CT molecular complexity index is 625. The Morgan fingerprint density at radius 2 is 1.92 bits per heavy atom. The third kappa shape index (κ3) is 4.03. The van der Waals surface area contributed by atoms with E-state index in [1.165, 1.54) is 5.56 Å². The van der Waals surface area contributed by atoms with Gasteiger partial charge in [0.15, 0.2) is 0 Å². The second kappa shape index (κ2) is 8.00. The minimum absolute atomic E-state index is 0.00180. The van der Waals surface area contributed by atoms with E-state index in [4.69, 9.17) is 0 Å². The SMILES string of the molecule is CCC(C)C(=O)N1Cc2ccccc2CC1C(=O)NC1CCNCC1. The van der Waals surface area contributed by atoms with Crippen LogP contribution in [-0.4, -0.2) is 41.9 Å². The molecule has 2 heterocycles. The zero-order valence-corrected chi connectivity index (χ0v) is 15.3. The van der Waals surface area contributed by atoms with Gasteiger partial charge in [-0.3, -0.25) is 9.59 Å². The van der Waals surface area contributed by atoms with Crippen LogP contribution in [0.5, 0.6) is 0 Å². The molecule has 5 heteroatoms. The Labute approximate surface area is 150 Å². The molecule has 2 atom stereocenters. The Hall–Kier alpha value is -1.88. The number of benzene rings is 1. The second-order valence-corrected chi connectivity index (χ2v) is 7.30. The van der Waals surface area contributed by atoms with Crippen molar-refractivity contribution in [1.29, 1.82) is 0 Å². The Kier molecular flexibility index (Phi) is 5.74. The van der Waals surface area contributed by atoms with Gasteiger partial charge in [0.25, 0.3) is 0 Å². The maximum Gasteiger partial charge on any atom is 0.243 e. The third-order valence-corrected chi connectivity index (χ3v) is 5.55. The van der Waals surface area contributed by atoms with Gasteiger partial charge in [-0.25, -0.2) is 0 Å². The average molecular weight is 343 g/mol. The highest BCUT2D eigenvalue weighted by Crippen LogP contribution is 2.26. The Morgan fingerprint density at radius 1 is 1.24 bits per heavy atom. The third-order valence-electron chi connectivity index (χ3n) is 5.55.